The molecule has 28 heavy (non-hydrogen) atoms. The molecule has 0 radical (unpaired) electrons. The van der Waals surface area contributed by atoms with E-state index in [4.69, 9.17) is 0 Å². The van der Waals surface area contributed by atoms with Crippen LogP contribution in [0.2, 0.25) is 0 Å². The van der Waals surface area contributed by atoms with E-state index in [0.717, 1.165) is 24.1 Å². The van der Waals surface area contributed by atoms with Crippen LogP contribution in [0, 0.1) is 5.41 Å². The first-order valence-corrected chi connectivity index (χ1v) is 10.2. The number of anilines is 1. The number of ketones is 1. The predicted molar refractivity (Wildman–Crippen MR) is 112 cm³/mol. The fourth-order valence-electron chi connectivity index (χ4n) is 3.55. The van der Waals surface area contributed by atoms with Crippen molar-refractivity contribution in [2.24, 2.45) is 5.41 Å². The molecule has 2 aromatic carbocycles. The number of carbonyl (C=O) groups is 2. The maximum Gasteiger partial charge on any atom is 0.257 e. The molecule has 0 spiro atoms. The monoisotopic (exact) mass is 390 g/mol. The number of carbonyl (C=O) groups excluding carboxylic acids is 2. The molecule has 0 saturated heterocycles. The van der Waals surface area contributed by atoms with Gasteiger partial charge in [0, 0.05) is 12.0 Å². The molecule has 1 amide bonds. The number of hydrogen-bond acceptors (Lipinski definition) is 4. The van der Waals surface area contributed by atoms with Crippen molar-refractivity contribution in [3.63, 3.8) is 0 Å². The van der Waals surface area contributed by atoms with E-state index in [1.807, 2.05) is 42.5 Å². The molecule has 1 aromatic heterocycles. The summed E-state index contributed by atoms with van der Waals surface area (Å²) in [7, 11) is 0. The summed E-state index contributed by atoms with van der Waals surface area (Å²) in [5.74, 6) is -0.0846. The molecule has 4 nitrogen and oxygen atoms in total. The average Bonchev–Trinajstić information content (AvgIpc) is 3.04. The first-order chi connectivity index (χ1) is 13.4. The Hall–Kier alpha value is -2.79. The van der Waals surface area contributed by atoms with Crippen LogP contribution in [-0.2, 0) is 12.8 Å². The van der Waals surface area contributed by atoms with Gasteiger partial charge in [0.1, 0.15) is 0 Å². The van der Waals surface area contributed by atoms with Gasteiger partial charge in [-0.3, -0.25) is 14.9 Å². The van der Waals surface area contributed by atoms with E-state index >= 15 is 0 Å². The quantitative estimate of drug-likeness (QED) is 0.671. The van der Waals surface area contributed by atoms with Crippen LogP contribution in [0.15, 0.2) is 54.6 Å². The Balaban J connectivity index is 1.45. The summed E-state index contributed by atoms with van der Waals surface area (Å²) in [5.41, 5.74) is 3.70. The third-order valence-electron chi connectivity index (χ3n) is 4.92. The third kappa shape index (κ3) is 4.04. The molecule has 0 fully saturated rings. The summed E-state index contributed by atoms with van der Waals surface area (Å²) < 4.78 is 0. The molecule has 1 N–H and O–H groups in total. The van der Waals surface area contributed by atoms with Crippen LogP contribution in [0.5, 0.6) is 0 Å². The first kappa shape index (κ1) is 18.6. The highest BCUT2D eigenvalue weighted by Gasteiger charge is 2.34. The van der Waals surface area contributed by atoms with E-state index in [9.17, 15) is 9.59 Å². The minimum atomic E-state index is -0.205. The van der Waals surface area contributed by atoms with Crippen molar-refractivity contribution in [1.82, 2.24) is 4.98 Å². The van der Waals surface area contributed by atoms with E-state index in [1.54, 1.807) is 0 Å². The van der Waals surface area contributed by atoms with Gasteiger partial charge in [-0.05, 0) is 41.5 Å². The number of fused-ring (bicyclic) bond motifs is 1. The fraction of sp³-hybridized carbons (Fsp3) is 0.261. The van der Waals surface area contributed by atoms with Crippen LogP contribution in [0.1, 0.15) is 57.1 Å². The Morgan fingerprint density at radius 2 is 1.71 bits per heavy atom. The Bertz CT molecular complexity index is 1020. The van der Waals surface area contributed by atoms with E-state index in [2.05, 4.69) is 36.3 Å². The highest BCUT2D eigenvalue weighted by atomic mass is 32.1. The molecule has 3 aromatic rings. The van der Waals surface area contributed by atoms with Gasteiger partial charge in [-0.25, -0.2) is 4.98 Å². The SMILES string of the molecule is CC1(C)CC(=O)c2sc(NC(=O)c3ccc(Cc4ccccc4)cc3)nc2C1. The number of rotatable bonds is 4. The standard InChI is InChI=1S/C23H22N2O2S/c1-23(2)13-18-20(19(26)14-23)28-22(24-18)25-21(27)17-10-8-16(9-11-17)12-15-6-4-3-5-7-15/h3-11H,12-14H2,1-2H3,(H,24,25,27). The summed E-state index contributed by atoms with van der Waals surface area (Å²) >= 11 is 1.28. The molecule has 0 atom stereocenters. The van der Waals surface area contributed by atoms with Crippen molar-refractivity contribution in [2.75, 3.05) is 5.32 Å². The Labute approximate surface area is 168 Å². The van der Waals surface area contributed by atoms with Gasteiger partial charge in [-0.2, -0.15) is 0 Å². The smallest absolute Gasteiger partial charge is 0.257 e. The number of hydrogen-bond donors (Lipinski definition) is 1. The molecular weight excluding hydrogens is 368 g/mol. The Morgan fingerprint density at radius 1 is 1.04 bits per heavy atom. The normalized spacial score (nSPS) is 15.1. The second-order valence-corrected chi connectivity index (χ2v) is 9.05. The maximum atomic E-state index is 12.6. The number of thiazole rings is 1. The van der Waals surface area contributed by atoms with Crippen LogP contribution >= 0.6 is 11.3 Å². The van der Waals surface area contributed by atoms with Gasteiger partial charge in [0.05, 0.1) is 10.6 Å². The zero-order valence-corrected chi connectivity index (χ0v) is 16.8. The molecule has 0 bridgehead atoms. The van der Waals surface area contributed by atoms with Gasteiger partial charge in [0.25, 0.3) is 5.91 Å². The Morgan fingerprint density at radius 3 is 2.43 bits per heavy atom. The lowest BCUT2D eigenvalue weighted by Crippen LogP contribution is -2.26. The molecule has 0 unspecified atom stereocenters. The van der Waals surface area contributed by atoms with Crippen LogP contribution in [0.3, 0.4) is 0 Å². The largest absolute Gasteiger partial charge is 0.298 e. The lowest BCUT2D eigenvalue weighted by atomic mass is 9.78. The Kier molecular flexibility index (Phi) is 4.85. The van der Waals surface area contributed by atoms with Gasteiger partial charge in [0.2, 0.25) is 0 Å². The lowest BCUT2D eigenvalue weighted by molar-refractivity contribution is 0.0915. The zero-order chi connectivity index (χ0) is 19.7. The van der Waals surface area contributed by atoms with E-state index < -0.39 is 0 Å². The summed E-state index contributed by atoms with van der Waals surface area (Å²) in [6, 6.07) is 17.8. The number of aromatic nitrogens is 1. The first-order valence-electron chi connectivity index (χ1n) is 9.37. The van der Waals surface area contributed by atoms with Crippen molar-refractivity contribution >= 4 is 28.2 Å². The van der Waals surface area contributed by atoms with Crippen molar-refractivity contribution in [3.05, 3.63) is 81.9 Å². The topological polar surface area (TPSA) is 59.1 Å². The van der Waals surface area contributed by atoms with Gasteiger partial charge in [-0.1, -0.05) is 67.6 Å². The summed E-state index contributed by atoms with van der Waals surface area (Å²) in [6.07, 6.45) is 2.12. The maximum absolute atomic E-state index is 12.6. The molecule has 142 valence electrons. The minimum absolute atomic E-state index is 0.0754. The molecule has 4 rings (SSSR count). The predicted octanol–water partition coefficient (Wildman–Crippen LogP) is 5.14. The lowest BCUT2D eigenvalue weighted by Gasteiger charge is -2.26. The molecule has 1 heterocycles. The van der Waals surface area contributed by atoms with Crippen LogP contribution in [-0.4, -0.2) is 16.7 Å². The number of Topliss-reactive ketones (excluding diaryl/α,β-unsaturated/α-hetero) is 1. The van der Waals surface area contributed by atoms with Gasteiger partial charge in [0.15, 0.2) is 10.9 Å². The second-order valence-electron chi connectivity index (χ2n) is 8.05. The minimum Gasteiger partial charge on any atom is -0.298 e. The number of nitrogens with zero attached hydrogens (tertiary/aromatic N) is 1. The molecule has 1 aliphatic carbocycles. The molecular formula is C23H22N2O2S. The highest BCUT2D eigenvalue weighted by Crippen LogP contribution is 2.38. The van der Waals surface area contributed by atoms with E-state index in [1.165, 1.54) is 16.9 Å². The molecule has 0 aliphatic heterocycles. The zero-order valence-electron chi connectivity index (χ0n) is 16.0. The van der Waals surface area contributed by atoms with Gasteiger partial charge in [-0.15, -0.1) is 0 Å². The summed E-state index contributed by atoms with van der Waals surface area (Å²) in [5, 5.41) is 3.34. The van der Waals surface area contributed by atoms with E-state index in [-0.39, 0.29) is 17.1 Å². The molecule has 1 aliphatic rings. The second kappa shape index (κ2) is 7.32. The molecule has 0 saturated carbocycles. The number of nitrogens with one attached hydrogen (secondary N) is 1. The van der Waals surface area contributed by atoms with Crippen LogP contribution < -0.4 is 5.32 Å². The van der Waals surface area contributed by atoms with Crippen molar-refractivity contribution < 1.29 is 9.59 Å². The summed E-state index contributed by atoms with van der Waals surface area (Å²) in [6.45, 7) is 4.14. The summed E-state index contributed by atoms with van der Waals surface area (Å²) in [4.78, 5) is 30.1. The van der Waals surface area contributed by atoms with Crippen molar-refractivity contribution in [3.8, 4) is 0 Å². The van der Waals surface area contributed by atoms with E-state index in [0.29, 0.717) is 22.0 Å². The number of benzene rings is 2. The molecule has 5 heteroatoms. The van der Waals surface area contributed by atoms with Crippen LogP contribution in [0.4, 0.5) is 5.13 Å². The highest BCUT2D eigenvalue weighted by molar-refractivity contribution is 7.17. The average molecular weight is 391 g/mol. The van der Waals surface area contributed by atoms with Crippen molar-refractivity contribution in [1.29, 1.82) is 0 Å². The van der Waals surface area contributed by atoms with Gasteiger partial charge < -0.3 is 0 Å². The van der Waals surface area contributed by atoms with Crippen molar-refractivity contribution in [2.45, 2.75) is 33.1 Å². The van der Waals surface area contributed by atoms with Gasteiger partial charge >= 0.3 is 0 Å². The third-order valence-corrected chi connectivity index (χ3v) is 5.98. The fourth-order valence-corrected chi connectivity index (χ4v) is 4.46. The number of amides is 1. The van der Waals surface area contributed by atoms with Crippen LogP contribution in [0.25, 0.3) is 0 Å².